The van der Waals surface area contributed by atoms with Crippen LogP contribution in [0.2, 0.25) is 24.3 Å². The average molecular weight is 1050 g/mol. The second-order valence-electron chi connectivity index (χ2n) is 15.6. The van der Waals surface area contributed by atoms with E-state index >= 15 is 0 Å². The van der Waals surface area contributed by atoms with Gasteiger partial charge in [0, 0.05) is 0 Å². The van der Waals surface area contributed by atoms with Crippen LogP contribution < -0.4 is 0 Å². The second-order valence-corrected chi connectivity index (χ2v) is 26.6. The first-order valence-electron chi connectivity index (χ1n) is 18.5. The molecular weight excluding hydrogens is 992 g/mol. The summed E-state index contributed by atoms with van der Waals surface area (Å²) in [6.07, 6.45) is 48.5. The van der Waals surface area contributed by atoms with Gasteiger partial charge < -0.3 is 75.5 Å². The Morgan fingerprint density at radius 3 is 0.926 bits per heavy atom. The molecule has 0 nitrogen and oxygen atoms in total. The minimum atomic E-state index is -1.32. The fourth-order valence-corrected chi connectivity index (χ4v) is 13.1. The molecule has 12 unspecified atom stereocenters. The van der Waals surface area contributed by atoms with Crippen LogP contribution in [0.15, 0.2) is 97.2 Å². The van der Waals surface area contributed by atoms with Gasteiger partial charge in [-0.1, -0.05) is 135 Å². The molecule has 54 heavy (non-hydrogen) atoms. The molecule has 4 saturated carbocycles. The molecular formula is C42H60B2Cl8Zr2-2. The van der Waals surface area contributed by atoms with Gasteiger partial charge >= 0.3 is 75.7 Å². The molecule has 0 aliphatic heterocycles. The van der Waals surface area contributed by atoms with Crippen molar-refractivity contribution in [3.63, 3.8) is 0 Å². The third-order valence-electron chi connectivity index (χ3n) is 13.2. The van der Waals surface area contributed by atoms with Crippen LogP contribution in [0.3, 0.4) is 0 Å². The molecule has 0 aromatic carbocycles. The first-order valence-corrected chi connectivity index (χ1v) is 32.9. The van der Waals surface area contributed by atoms with Crippen LogP contribution in [0, 0.1) is 88.9 Å². The summed E-state index contributed by atoms with van der Waals surface area (Å²) in [5.74, 6) is 7.54. The predicted molar refractivity (Wildman–Crippen MR) is 246 cm³/mol. The Bertz CT molecular complexity index is 1250. The van der Waals surface area contributed by atoms with Gasteiger partial charge in [0.05, 0.1) is 0 Å². The third-order valence-corrected chi connectivity index (χ3v) is 15.2. The van der Waals surface area contributed by atoms with Crippen molar-refractivity contribution >= 4 is 89.8 Å². The number of halogens is 8. The molecule has 12 atom stereocenters. The Balaban J connectivity index is 0.000000443. The van der Waals surface area contributed by atoms with E-state index in [0.29, 0.717) is 59.0 Å². The summed E-state index contributed by atoms with van der Waals surface area (Å²) in [6, 6.07) is 0. The molecule has 8 aliphatic rings. The topological polar surface area (TPSA) is 0 Å². The van der Waals surface area contributed by atoms with E-state index in [2.05, 4.69) is 97.2 Å². The van der Waals surface area contributed by atoms with E-state index in [0.717, 1.165) is 24.5 Å². The Hall–Kier alpha value is 2.14. The minimum absolute atomic E-state index is 0. The van der Waals surface area contributed by atoms with Crippen LogP contribution in [-0.4, -0.2) is 9.95 Å². The van der Waals surface area contributed by atoms with Gasteiger partial charge in [0.15, 0.2) is 9.95 Å². The van der Waals surface area contributed by atoms with Crippen LogP contribution in [0.5, 0.6) is 0 Å². The quantitative estimate of drug-likeness (QED) is 0.184. The van der Waals surface area contributed by atoms with Crippen molar-refractivity contribution in [2.75, 3.05) is 0 Å². The Labute approximate surface area is 388 Å². The predicted octanol–water partition coefficient (Wildman–Crippen LogP) is 16.9. The number of allylic oxidation sites excluding steroid dienone is 16. The van der Waals surface area contributed by atoms with E-state index in [4.69, 9.17) is 79.9 Å². The Kier molecular flexibility index (Phi) is 26.5. The average Bonchev–Trinajstić information content (AvgIpc) is 3.91. The number of rotatable bonds is 6. The van der Waals surface area contributed by atoms with Crippen molar-refractivity contribution in [2.45, 2.75) is 75.6 Å². The van der Waals surface area contributed by atoms with Crippen molar-refractivity contribution in [3.05, 3.63) is 127 Å². The monoisotopic (exact) mass is 1050 g/mol. The van der Waals surface area contributed by atoms with E-state index in [1.807, 2.05) is 0 Å². The number of hydrogen-bond acceptors (Lipinski definition) is 0. The van der Waals surface area contributed by atoms with E-state index in [9.17, 15) is 0 Å². The van der Waals surface area contributed by atoms with E-state index in [1.165, 1.54) is 51.4 Å². The zero-order valence-electron chi connectivity index (χ0n) is 32.4. The van der Waals surface area contributed by atoms with Gasteiger partial charge in [-0.2, -0.15) is 0 Å². The van der Waals surface area contributed by atoms with Crippen LogP contribution >= 0.6 is 79.9 Å². The Morgan fingerprint density at radius 2 is 0.611 bits per heavy atom. The summed E-state index contributed by atoms with van der Waals surface area (Å²) in [5, 5.41) is 0. The van der Waals surface area contributed by atoms with Crippen LogP contribution in [0.25, 0.3) is 0 Å². The third kappa shape index (κ3) is 14.1. The van der Waals surface area contributed by atoms with Gasteiger partial charge in [-0.05, 0) is 73.0 Å². The zero-order valence-corrected chi connectivity index (χ0v) is 43.4. The molecule has 0 N–H and O–H groups in total. The maximum atomic E-state index is 7.00. The zero-order chi connectivity index (χ0) is 35.7. The fourth-order valence-electron chi connectivity index (χ4n) is 11.0. The molecule has 8 aliphatic carbocycles. The molecule has 0 saturated heterocycles. The maximum absolute atomic E-state index is 7.00. The van der Waals surface area contributed by atoms with E-state index in [-0.39, 0.29) is 29.7 Å². The fraction of sp³-hybridized carbons (Fsp3) is 0.524. The second kappa shape index (κ2) is 26.5. The Morgan fingerprint density at radius 1 is 0.370 bits per heavy atom. The molecule has 300 valence electrons. The summed E-state index contributed by atoms with van der Waals surface area (Å²) in [6.45, 7) is 0. The van der Waals surface area contributed by atoms with Crippen molar-refractivity contribution in [1.82, 2.24) is 0 Å². The first-order chi connectivity index (χ1) is 24.1. The summed E-state index contributed by atoms with van der Waals surface area (Å²) >= 11 is 26.4. The van der Waals surface area contributed by atoms with Crippen molar-refractivity contribution in [2.24, 2.45) is 59.2 Å². The van der Waals surface area contributed by atoms with Crippen LogP contribution in [0.4, 0.5) is 0 Å². The van der Waals surface area contributed by atoms with Crippen LogP contribution in [0.1, 0.15) is 51.4 Å². The molecule has 8 rings (SSSR count). The SMILES string of the molecule is Cl[B-](Cl)(CC1CCC2C=CC=CC21)C1CCC2C=CC=CC21.Cl[B-](Cl)(CC1CCC2C=CC=CC21)C1CCC2C=CC=CC21.[CH3-].[CH3-].[CH3-].[CH3-].[Cl][Zr+2][Cl].[Cl][Zr+2][Cl]. The molecule has 4 fully saturated rings. The number of fused-ring (bicyclic) bond motifs is 4. The van der Waals surface area contributed by atoms with Gasteiger partial charge in [-0.25, -0.2) is 0 Å². The van der Waals surface area contributed by atoms with E-state index < -0.39 is 51.6 Å². The molecule has 0 heterocycles. The molecule has 0 bridgehead atoms. The molecule has 0 radical (unpaired) electrons. The molecule has 12 heteroatoms. The normalized spacial score (nSPS) is 35.1. The first kappa shape index (κ1) is 54.2. The molecule has 0 spiro atoms. The van der Waals surface area contributed by atoms with Crippen LogP contribution in [-0.2, 0) is 41.7 Å². The molecule has 0 aromatic rings. The summed E-state index contributed by atoms with van der Waals surface area (Å²) in [7, 11) is 19.7. The van der Waals surface area contributed by atoms with Crippen molar-refractivity contribution in [1.29, 1.82) is 0 Å². The van der Waals surface area contributed by atoms with E-state index in [1.54, 1.807) is 0 Å². The van der Waals surface area contributed by atoms with Crippen molar-refractivity contribution in [3.8, 4) is 0 Å². The summed E-state index contributed by atoms with van der Waals surface area (Å²) in [5.41, 5.74) is 0. The van der Waals surface area contributed by atoms with Gasteiger partial charge in [0.25, 0.3) is 0 Å². The van der Waals surface area contributed by atoms with Gasteiger partial charge in [0.1, 0.15) is 0 Å². The standard InChI is InChI=1S/2C19H24BCl2.4CH3.4ClH.2Zr/c2*21-20(22,19-12-11-15-6-2-4-8-18(15)19)13-16-10-9-14-5-1-3-7-17(14)16;;;;;;;;;;/h2*1-8,14-19H,9-13H2;4*1H3;4*1H;;/q6*-1;;;;;2*+4/p-4. The van der Waals surface area contributed by atoms with Gasteiger partial charge in [0.2, 0.25) is 0 Å². The van der Waals surface area contributed by atoms with Crippen molar-refractivity contribution < 1.29 is 41.7 Å². The molecule has 0 amide bonds. The summed E-state index contributed by atoms with van der Waals surface area (Å²) < 4.78 is 0. The number of hydrogen-bond donors (Lipinski definition) is 0. The van der Waals surface area contributed by atoms with Gasteiger partial charge in [-0.15, -0.1) is 24.3 Å². The summed E-state index contributed by atoms with van der Waals surface area (Å²) in [4.78, 5) is -2.63. The molecule has 0 aromatic heterocycles. The van der Waals surface area contributed by atoms with Gasteiger partial charge in [-0.3, -0.25) is 0 Å².